The van der Waals surface area contributed by atoms with Crippen LogP contribution in [0.2, 0.25) is 0 Å². The Labute approximate surface area is 150 Å². The molecule has 0 amide bonds. The molecule has 0 unspecified atom stereocenters. The number of carbonyl (C=O) groups is 1. The molecule has 1 saturated carbocycles. The van der Waals surface area contributed by atoms with Gasteiger partial charge in [0.25, 0.3) is 0 Å². The molecule has 3 rings (SSSR count). The molecule has 1 aliphatic rings. The van der Waals surface area contributed by atoms with E-state index in [2.05, 4.69) is 13.8 Å². The van der Waals surface area contributed by atoms with Gasteiger partial charge in [0, 0.05) is 10.5 Å². The van der Waals surface area contributed by atoms with Gasteiger partial charge in [-0.2, -0.15) is 0 Å². The minimum absolute atomic E-state index is 0.0388. The minimum atomic E-state index is 0.0388. The van der Waals surface area contributed by atoms with Gasteiger partial charge in [-0.05, 0) is 47.6 Å². The van der Waals surface area contributed by atoms with Crippen LogP contribution in [-0.4, -0.2) is 11.5 Å². The quantitative estimate of drug-likeness (QED) is 0.351. The second kappa shape index (κ2) is 10.1. The predicted octanol–water partition coefficient (Wildman–Crippen LogP) is 6.50. The molecule has 0 radical (unpaired) electrons. The maximum Gasteiger partial charge on any atom is 0.185 e. The first-order valence-corrected chi connectivity index (χ1v) is 9.68. The van der Waals surface area contributed by atoms with E-state index in [4.69, 9.17) is 0 Å². The average molecular weight is 339 g/mol. The van der Waals surface area contributed by atoms with Crippen LogP contribution in [-0.2, 0) is 0 Å². The highest BCUT2D eigenvalue weighted by atomic mass is 32.2. The van der Waals surface area contributed by atoms with Gasteiger partial charge in [-0.3, -0.25) is 4.79 Å². The van der Waals surface area contributed by atoms with Crippen molar-refractivity contribution in [2.24, 2.45) is 5.92 Å². The smallest absolute Gasteiger partial charge is 0.185 e. The number of thioether (sulfide) groups is 1. The summed E-state index contributed by atoms with van der Waals surface area (Å²) in [5.74, 6) is 2.15. The van der Waals surface area contributed by atoms with Gasteiger partial charge in [-0.1, -0.05) is 69.5 Å². The summed E-state index contributed by atoms with van der Waals surface area (Å²) < 4.78 is 0. The van der Waals surface area contributed by atoms with Gasteiger partial charge in [-0.15, -0.1) is 11.8 Å². The fourth-order valence-electron chi connectivity index (χ4n) is 2.33. The first-order chi connectivity index (χ1) is 11.7. The molecule has 0 aliphatic heterocycles. The number of hydrogen-bond donors (Lipinski definition) is 0. The lowest BCUT2D eigenvalue weighted by Crippen LogP contribution is -2.04. The van der Waals surface area contributed by atoms with Crippen LogP contribution < -0.4 is 0 Å². The van der Waals surface area contributed by atoms with Crippen molar-refractivity contribution in [1.82, 2.24) is 0 Å². The molecule has 0 N–H and O–H groups in total. The summed E-state index contributed by atoms with van der Waals surface area (Å²) in [6.45, 7) is 4.43. The number of ketones is 1. The van der Waals surface area contributed by atoms with Gasteiger partial charge in [-0.25, -0.2) is 0 Å². The van der Waals surface area contributed by atoms with Crippen LogP contribution in [0.3, 0.4) is 0 Å². The number of hydrogen-bond acceptors (Lipinski definition) is 2. The molecule has 0 atom stereocenters. The second-order valence-electron chi connectivity index (χ2n) is 6.10. The molecule has 2 aromatic rings. The summed E-state index contributed by atoms with van der Waals surface area (Å²) in [5.41, 5.74) is 1.77. The second-order valence-corrected chi connectivity index (χ2v) is 7.44. The van der Waals surface area contributed by atoms with Crippen LogP contribution >= 0.6 is 11.8 Å². The number of carbonyl (C=O) groups excluding carboxylic acids is 1. The summed E-state index contributed by atoms with van der Waals surface area (Å²) in [6.07, 6.45) is 7.93. The summed E-state index contributed by atoms with van der Waals surface area (Å²) in [4.78, 5) is 13.2. The Morgan fingerprint density at radius 1 is 1.08 bits per heavy atom. The van der Waals surface area contributed by atoms with Crippen LogP contribution in [0.4, 0.5) is 0 Å². The molecule has 1 aliphatic carbocycles. The van der Waals surface area contributed by atoms with Crippen molar-refractivity contribution in [3.8, 4) is 0 Å². The molecular formula is C22H26OS. The number of rotatable bonds is 5. The Morgan fingerprint density at radius 2 is 1.71 bits per heavy atom. The molecule has 0 bridgehead atoms. The summed E-state index contributed by atoms with van der Waals surface area (Å²) in [6, 6.07) is 17.6. The Bertz CT molecular complexity index is 639. The normalized spacial score (nSPS) is 13.9. The van der Waals surface area contributed by atoms with Crippen LogP contribution in [0.1, 0.15) is 49.0 Å². The molecule has 0 spiro atoms. The molecule has 0 aromatic heterocycles. The SMILES string of the molecule is CC1CCC1.CCSc1ccc(C(=O)C=Cc2ccccc2)cc1. The highest BCUT2D eigenvalue weighted by molar-refractivity contribution is 7.99. The Morgan fingerprint density at radius 3 is 2.21 bits per heavy atom. The van der Waals surface area contributed by atoms with Gasteiger partial charge >= 0.3 is 0 Å². The molecule has 126 valence electrons. The van der Waals surface area contributed by atoms with Gasteiger partial charge in [0.2, 0.25) is 0 Å². The molecule has 2 aromatic carbocycles. The highest BCUT2D eigenvalue weighted by Gasteiger charge is 2.09. The third-order valence-corrected chi connectivity index (χ3v) is 4.96. The Balaban J connectivity index is 0.000000355. The van der Waals surface area contributed by atoms with E-state index >= 15 is 0 Å². The van der Waals surface area contributed by atoms with E-state index in [1.165, 1.54) is 24.2 Å². The zero-order valence-corrected chi connectivity index (χ0v) is 15.4. The van der Waals surface area contributed by atoms with Crippen molar-refractivity contribution in [2.45, 2.75) is 38.0 Å². The van der Waals surface area contributed by atoms with Crippen molar-refractivity contribution in [1.29, 1.82) is 0 Å². The topological polar surface area (TPSA) is 17.1 Å². The zero-order chi connectivity index (χ0) is 17.2. The van der Waals surface area contributed by atoms with Crippen LogP contribution in [0.15, 0.2) is 65.6 Å². The standard InChI is InChI=1S/C17H16OS.C5H10/c1-2-19-16-11-9-15(10-12-16)17(18)13-8-14-6-4-3-5-7-14;1-5-3-2-4-5/h3-13H,2H2,1H3;5H,2-4H2,1H3. The molecule has 0 saturated heterocycles. The predicted molar refractivity (Wildman–Crippen MR) is 106 cm³/mol. The molecule has 2 heteroatoms. The maximum atomic E-state index is 12.0. The third-order valence-electron chi connectivity index (χ3n) is 4.07. The van der Waals surface area contributed by atoms with Crippen LogP contribution in [0, 0.1) is 5.92 Å². The zero-order valence-electron chi connectivity index (χ0n) is 14.6. The van der Waals surface area contributed by atoms with E-state index < -0.39 is 0 Å². The first-order valence-electron chi connectivity index (χ1n) is 8.69. The van der Waals surface area contributed by atoms with E-state index in [9.17, 15) is 4.79 Å². The number of allylic oxidation sites excluding steroid dienone is 1. The van der Waals surface area contributed by atoms with E-state index in [-0.39, 0.29) is 5.78 Å². The Hall–Kier alpha value is -1.80. The molecular weight excluding hydrogens is 312 g/mol. The molecule has 1 nitrogen and oxygen atoms in total. The van der Waals surface area contributed by atoms with Gasteiger partial charge in [0.15, 0.2) is 5.78 Å². The maximum absolute atomic E-state index is 12.0. The minimum Gasteiger partial charge on any atom is -0.289 e. The molecule has 1 fully saturated rings. The van der Waals surface area contributed by atoms with E-state index in [0.29, 0.717) is 0 Å². The summed E-state index contributed by atoms with van der Waals surface area (Å²) >= 11 is 1.78. The van der Waals surface area contributed by atoms with Crippen LogP contribution in [0.25, 0.3) is 6.08 Å². The first kappa shape index (κ1) is 18.5. The highest BCUT2D eigenvalue weighted by Crippen LogP contribution is 2.24. The third kappa shape index (κ3) is 6.37. The largest absolute Gasteiger partial charge is 0.289 e. The van der Waals surface area contributed by atoms with Gasteiger partial charge in [0.1, 0.15) is 0 Å². The average Bonchev–Trinajstić information content (AvgIpc) is 2.60. The molecule has 24 heavy (non-hydrogen) atoms. The fourth-order valence-corrected chi connectivity index (χ4v) is 2.99. The van der Waals surface area contributed by atoms with E-state index in [1.54, 1.807) is 17.8 Å². The lowest BCUT2D eigenvalue weighted by atomic mass is 9.88. The Kier molecular flexibility index (Phi) is 7.84. The van der Waals surface area contributed by atoms with E-state index in [1.807, 2.05) is 60.7 Å². The fraction of sp³-hybridized carbons (Fsp3) is 0.318. The van der Waals surface area contributed by atoms with Crippen molar-refractivity contribution in [3.05, 3.63) is 71.8 Å². The summed E-state index contributed by atoms with van der Waals surface area (Å²) in [7, 11) is 0. The van der Waals surface area contributed by atoms with Crippen molar-refractivity contribution in [2.75, 3.05) is 5.75 Å². The van der Waals surface area contributed by atoms with Gasteiger partial charge < -0.3 is 0 Å². The lowest BCUT2D eigenvalue weighted by Gasteiger charge is -2.18. The molecule has 0 heterocycles. The van der Waals surface area contributed by atoms with Crippen molar-refractivity contribution in [3.63, 3.8) is 0 Å². The van der Waals surface area contributed by atoms with Crippen LogP contribution in [0.5, 0.6) is 0 Å². The summed E-state index contributed by atoms with van der Waals surface area (Å²) in [5, 5.41) is 0. The monoisotopic (exact) mass is 338 g/mol. The lowest BCUT2D eigenvalue weighted by molar-refractivity contribution is 0.104. The van der Waals surface area contributed by atoms with E-state index in [0.717, 1.165) is 22.8 Å². The van der Waals surface area contributed by atoms with Gasteiger partial charge in [0.05, 0.1) is 0 Å². The van der Waals surface area contributed by atoms with Crippen molar-refractivity contribution < 1.29 is 4.79 Å². The number of benzene rings is 2. The van der Waals surface area contributed by atoms with Crippen molar-refractivity contribution >= 4 is 23.6 Å².